The SMILES string of the molecule is CCCn1ccc(CNc2ccc(OC)cc2C)c1. The number of rotatable bonds is 6. The number of nitrogens with one attached hydrogen (secondary N) is 1. The van der Waals surface area contributed by atoms with E-state index < -0.39 is 0 Å². The van der Waals surface area contributed by atoms with Gasteiger partial charge in [0.25, 0.3) is 0 Å². The lowest BCUT2D eigenvalue weighted by Gasteiger charge is -2.10. The number of anilines is 1. The summed E-state index contributed by atoms with van der Waals surface area (Å²) in [6.07, 6.45) is 5.51. The van der Waals surface area contributed by atoms with Crippen molar-refractivity contribution in [3.05, 3.63) is 47.8 Å². The minimum atomic E-state index is 0.851. The van der Waals surface area contributed by atoms with Gasteiger partial charge in [-0.2, -0.15) is 0 Å². The molecule has 3 heteroatoms. The average Bonchev–Trinajstić information content (AvgIpc) is 2.85. The molecule has 2 aromatic rings. The Hall–Kier alpha value is -1.90. The Morgan fingerprint density at radius 2 is 2.11 bits per heavy atom. The number of hydrogen-bond acceptors (Lipinski definition) is 2. The fourth-order valence-corrected chi connectivity index (χ4v) is 2.15. The highest BCUT2D eigenvalue weighted by molar-refractivity contribution is 5.53. The zero-order valence-corrected chi connectivity index (χ0v) is 11.9. The Balaban J connectivity index is 1.97. The number of nitrogens with zero attached hydrogens (tertiary/aromatic N) is 1. The molecular weight excluding hydrogens is 236 g/mol. The summed E-state index contributed by atoms with van der Waals surface area (Å²) in [6, 6.07) is 8.26. The number of hydrogen-bond donors (Lipinski definition) is 1. The fraction of sp³-hybridized carbons (Fsp3) is 0.375. The van der Waals surface area contributed by atoms with E-state index in [4.69, 9.17) is 4.74 Å². The van der Waals surface area contributed by atoms with Crippen LogP contribution in [0.4, 0.5) is 5.69 Å². The van der Waals surface area contributed by atoms with Crippen LogP contribution in [0.2, 0.25) is 0 Å². The van der Waals surface area contributed by atoms with Crippen molar-refractivity contribution < 1.29 is 4.74 Å². The van der Waals surface area contributed by atoms with Crippen molar-refractivity contribution in [1.29, 1.82) is 0 Å². The maximum atomic E-state index is 5.21. The van der Waals surface area contributed by atoms with Gasteiger partial charge in [-0.25, -0.2) is 0 Å². The lowest BCUT2D eigenvalue weighted by molar-refractivity contribution is 0.414. The summed E-state index contributed by atoms with van der Waals surface area (Å²) in [5.41, 5.74) is 3.67. The molecule has 0 aliphatic rings. The normalized spacial score (nSPS) is 10.5. The molecule has 2 rings (SSSR count). The van der Waals surface area contributed by atoms with Crippen molar-refractivity contribution in [1.82, 2.24) is 4.57 Å². The van der Waals surface area contributed by atoms with E-state index in [2.05, 4.69) is 48.3 Å². The summed E-state index contributed by atoms with van der Waals surface area (Å²) in [5, 5.41) is 3.47. The van der Waals surface area contributed by atoms with Gasteiger partial charge in [0.1, 0.15) is 5.75 Å². The minimum Gasteiger partial charge on any atom is -0.497 e. The second-order valence-corrected chi connectivity index (χ2v) is 4.79. The fourth-order valence-electron chi connectivity index (χ4n) is 2.15. The molecule has 0 unspecified atom stereocenters. The monoisotopic (exact) mass is 258 g/mol. The molecule has 0 amide bonds. The van der Waals surface area contributed by atoms with Crippen LogP contribution in [-0.4, -0.2) is 11.7 Å². The van der Waals surface area contributed by atoms with Crippen molar-refractivity contribution in [2.24, 2.45) is 0 Å². The van der Waals surface area contributed by atoms with Crippen molar-refractivity contribution in [3.63, 3.8) is 0 Å². The zero-order chi connectivity index (χ0) is 13.7. The Labute approximate surface area is 115 Å². The van der Waals surface area contributed by atoms with Crippen LogP contribution in [0.25, 0.3) is 0 Å². The molecule has 0 fully saturated rings. The summed E-state index contributed by atoms with van der Waals surface area (Å²) < 4.78 is 7.45. The Morgan fingerprint density at radius 1 is 1.26 bits per heavy atom. The number of aromatic nitrogens is 1. The summed E-state index contributed by atoms with van der Waals surface area (Å²) in [7, 11) is 1.69. The first-order valence-electron chi connectivity index (χ1n) is 6.76. The van der Waals surface area contributed by atoms with Crippen LogP contribution < -0.4 is 10.1 Å². The average molecular weight is 258 g/mol. The largest absolute Gasteiger partial charge is 0.497 e. The molecule has 0 spiro atoms. The number of aryl methyl sites for hydroxylation is 2. The first-order valence-corrected chi connectivity index (χ1v) is 6.76. The van der Waals surface area contributed by atoms with Crippen LogP contribution in [0.5, 0.6) is 5.75 Å². The molecular formula is C16H22N2O. The van der Waals surface area contributed by atoms with E-state index in [9.17, 15) is 0 Å². The summed E-state index contributed by atoms with van der Waals surface area (Å²) in [6.45, 7) is 6.22. The molecule has 1 heterocycles. The molecule has 0 saturated carbocycles. The second-order valence-electron chi connectivity index (χ2n) is 4.79. The molecule has 19 heavy (non-hydrogen) atoms. The van der Waals surface area contributed by atoms with E-state index in [1.807, 2.05) is 12.1 Å². The first-order chi connectivity index (χ1) is 9.22. The van der Waals surface area contributed by atoms with Gasteiger partial charge in [-0.1, -0.05) is 6.92 Å². The van der Waals surface area contributed by atoms with Crippen molar-refractivity contribution in [2.45, 2.75) is 33.4 Å². The third-order valence-electron chi connectivity index (χ3n) is 3.21. The van der Waals surface area contributed by atoms with Crippen LogP contribution in [0.1, 0.15) is 24.5 Å². The summed E-state index contributed by atoms with van der Waals surface area (Å²) in [4.78, 5) is 0. The molecule has 0 aliphatic heterocycles. The van der Waals surface area contributed by atoms with E-state index in [1.165, 1.54) is 17.5 Å². The topological polar surface area (TPSA) is 26.2 Å². The van der Waals surface area contributed by atoms with Gasteiger partial charge >= 0.3 is 0 Å². The van der Waals surface area contributed by atoms with E-state index in [0.29, 0.717) is 0 Å². The molecule has 1 aromatic carbocycles. The van der Waals surface area contributed by atoms with Gasteiger partial charge in [0.05, 0.1) is 7.11 Å². The zero-order valence-electron chi connectivity index (χ0n) is 11.9. The Morgan fingerprint density at radius 3 is 2.79 bits per heavy atom. The van der Waals surface area contributed by atoms with Crippen molar-refractivity contribution in [2.75, 3.05) is 12.4 Å². The molecule has 3 nitrogen and oxygen atoms in total. The summed E-state index contributed by atoms with van der Waals surface area (Å²) in [5.74, 6) is 0.900. The van der Waals surface area contributed by atoms with Gasteiger partial charge < -0.3 is 14.6 Å². The van der Waals surface area contributed by atoms with E-state index in [1.54, 1.807) is 7.11 Å². The van der Waals surface area contributed by atoms with Gasteiger partial charge in [0.15, 0.2) is 0 Å². The molecule has 0 radical (unpaired) electrons. The van der Waals surface area contributed by atoms with Gasteiger partial charge in [0, 0.05) is 31.2 Å². The molecule has 1 aromatic heterocycles. The predicted octanol–water partition coefficient (Wildman–Crippen LogP) is 3.83. The van der Waals surface area contributed by atoms with E-state index in [0.717, 1.165) is 24.5 Å². The Bertz CT molecular complexity index is 531. The first kappa shape index (κ1) is 13.5. The maximum absolute atomic E-state index is 5.21. The molecule has 0 aliphatic carbocycles. The van der Waals surface area contributed by atoms with Crippen LogP contribution in [0.15, 0.2) is 36.7 Å². The number of ether oxygens (including phenoxy) is 1. The van der Waals surface area contributed by atoms with Crippen LogP contribution >= 0.6 is 0 Å². The van der Waals surface area contributed by atoms with Crippen molar-refractivity contribution >= 4 is 5.69 Å². The lowest BCUT2D eigenvalue weighted by atomic mass is 10.2. The van der Waals surface area contributed by atoms with Crippen molar-refractivity contribution in [3.8, 4) is 5.75 Å². The van der Waals surface area contributed by atoms with E-state index >= 15 is 0 Å². The second kappa shape index (κ2) is 6.32. The number of methoxy groups -OCH3 is 1. The Kier molecular flexibility index (Phi) is 4.50. The number of benzene rings is 1. The highest BCUT2D eigenvalue weighted by Gasteiger charge is 2.01. The standard InChI is InChI=1S/C16H22N2O/c1-4-8-18-9-7-14(12-18)11-17-16-6-5-15(19-3)10-13(16)2/h5-7,9-10,12,17H,4,8,11H2,1-3H3. The smallest absolute Gasteiger partial charge is 0.119 e. The van der Waals surface area contributed by atoms with Gasteiger partial charge in [0.2, 0.25) is 0 Å². The lowest BCUT2D eigenvalue weighted by Crippen LogP contribution is -2.00. The highest BCUT2D eigenvalue weighted by Crippen LogP contribution is 2.21. The third-order valence-corrected chi connectivity index (χ3v) is 3.21. The molecule has 0 saturated heterocycles. The quantitative estimate of drug-likeness (QED) is 0.852. The van der Waals surface area contributed by atoms with Gasteiger partial charge in [-0.05, 0) is 48.7 Å². The molecule has 0 bridgehead atoms. The highest BCUT2D eigenvalue weighted by atomic mass is 16.5. The molecule has 1 N–H and O–H groups in total. The molecule has 102 valence electrons. The van der Waals surface area contributed by atoms with Gasteiger partial charge in [-0.15, -0.1) is 0 Å². The van der Waals surface area contributed by atoms with E-state index in [-0.39, 0.29) is 0 Å². The van der Waals surface area contributed by atoms with Crippen LogP contribution in [0.3, 0.4) is 0 Å². The summed E-state index contributed by atoms with van der Waals surface area (Å²) >= 11 is 0. The maximum Gasteiger partial charge on any atom is 0.119 e. The molecule has 0 atom stereocenters. The predicted molar refractivity (Wildman–Crippen MR) is 79.8 cm³/mol. The van der Waals surface area contributed by atoms with Gasteiger partial charge in [-0.3, -0.25) is 0 Å². The van der Waals surface area contributed by atoms with Crippen LogP contribution in [0, 0.1) is 6.92 Å². The third kappa shape index (κ3) is 3.53. The van der Waals surface area contributed by atoms with Crippen LogP contribution in [-0.2, 0) is 13.1 Å². The minimum absolute atomic E-state index is 0.851.